The van der Waals surface area contributed by atoms with Crippen molar-refractivity contribution in [3.8, 4) is 0 Å². The molecule has 0 aromatic heterocycles. The number of nitrogens with zero attached hydrogens (tertiary/aromatic N) is 2. The molecule has 0 saturated carbocycles. The molecule has 0 N–H and O–H groups in total. The summed E-state index contributed by atoms with van der Waals surface area (Å²) in [5.74, 6) is -2.59. The standard InChI is InChI=1S/C22H24N2O4/c1-3-4-14-23(2)21(26)19-17-12-8-9-13-18(17)20(25)24(22(19)27)28-15-16-10-6-5-7-11-16/h5-13,19H,3-4,14-15H2,1-2H3. The van der Waals surface area contributed by atoms with Gasteiger partial charge in [-0.2, -0.15) is 0 Å². The molecule has 0 aliphatic carbocycles. The van der Waals surface area contributed by atoms with Crippen LogP contribution in [-0.2, 0) is 21.0 Å². The number of hydroxylamine groups is 2. The lowest BCUT2D eigenvalue weighted by molar-refractivity contribution is -0.178. The Bertz CT molecular complexity index is 866. The van der Waals surface area contributed by atoms with E-state index in [1.165, 1.54) is 0 Å². The third-order valence-corrected chi connectivity index (χ3v) is 4.81. The molecule has 0 bridgehead atoms. The van der Waals surface area contributed by atoms with Gasteiger partial charge in [0.15, 0.2) is 0 Å². The van der Waals surface area contributed by atoms with Crippen LogP contribution in [0, 0.1) is 0 Å². The van der Waals surface area contributed by atoms with E-state index in [9.17, 15) is 14.4 Å². The molecule has 28 heavy (non-hydrogen) atoms. The lowest BCUT2D eigenvalue weighted by Crippen LogP contribution is -2.49. The van der Waals surface area contributed by atoms with Crippen LogP contribution in [0.2, 0.25) is 0 Å². The van der Waals surface area contributed by atoms with E-state index < -0.39 is 17.7 Å². The Balaban J connectivity index is 1.88. The first-order chi connectivity index (χ1) is 13.5. The normalized spacial score (nSPS) is 16.1. The number of carbonyl (C=O) groups is 3. The molecule has 2 aromatic rings. The number of benzene rings is 2. The maximum atomic E-state index is 13.1. The van der Waals surface area contributed by atoms with Gasteiger partial charge in [-0.3, -0.25) is 19.2 Å². The van der Waals surface area contributed by atoms with Crippen molar-refractivity contribution in [2.24, 2.45) is 0 Å². The molecule has 0 saturated heterocycles. The van der Waals surface area contributed by atoms with Gasteiger partial charge < -0.3 is 4.90 Å². The summed E-state index contributed by atoms with van der Waals surface area (Å²) in [6.07, 6.45) is 1.79. The average molecular weight is 380 g/mol. The van der Waals surface area contributed by atoms with Gasteiger partial charge in [-0.1, -0.05) is 61.9 Å². The van der Waals surface area contributed by atoms with Gasteiger partial charge in [-0.05, 0) is 23.6 Å². The Morgan fingerprint density at radius 2 is 1.75 bits per heavy atom. The van der Waals surface area contributed by atoms with Crippen LogP contribution >= 0.6 is 0 Å². The van der Waals surface area contributed by atoms with Gasteiger partial charge in [-0.15, -0.1) is 5.06 Å². The predicted molar refractivity (Wildman–Crippen MR) is 104 cm³/mol. The van der Waals surface area contributed by atoms with Gasteiger partial charge in [0.1, 0.15) is 12.5 Å². The maximum Gasteiger partial charge on any atom is 0.285 e. The van der Waals surface area contributed by atoms with Crippen LogP contribution in [0.5, 0.6) is 0 Å². The fourth-order valence-corrected chi connectivity index (χ4v) is 3.20. The predicted octanol–water partition coefficient (Wildman–Crippen LogP) is 3.14. The van der Waals surface area contributed by atoms with Crippen molar-refractivity contribution in [2.45, 2.75) is 32.3 Å². The fourth-order valence-electron chi connectivity index (χ4n) is 3.20. The van der Waals surface area contributed by atoms with E-state index in [0.29, 0.717) is 17.7 Å². The highest BCUT2D eigenvalue weighted by atomic mass is 16.7. The SMILES string of the molecule is CCCCN(C)C(=O)C1C(=O)N(OCc2ccccc2)C(=O)c2ccccc21. The number of hydrogen-bond acceptors (Lipinski definition) is 4. The molecule has 3 rings (SSSR count). The third kappa shape index (κ3) is 3.97. The first-order valence-electron chi connectivity index (χ1n) is 9.43. The minimum atomic E-state index is -1.08. The molecule has 1 aliphatic heterocycles. The molecule has 1 unspecified atom stereocenters. The Morgan fingerprint density at radius 3 is 2.46 bits per heavy atom. The number of fused-ring (bicyclic) bond motifs is 1. The summed E-state index contributed by atoms with van der Waals surface area (Å²) >= 11 is 0. The summed E-state index contributed by atoms with van der Waals surface area (Å²) in [6.45, 7) is 2.66. The Morgan fingerprint density at radius 1 is 1.07 bits per heavy atom. The van der Waals surface area contributed by atoms with Gasteiger partial charge in [0.05, 0.1) is 0 Å². The number of carbonyl (C=O) groups excluding carboxylic acids is 3. The molecule has 3 amide bonds. The molecule has 0 spiro atoms. The topological polar surface area (TPSA) is 66.9 Å². The number of likely N-dealkylation sites (N-methyl/N-ethyl adjacent to an activating group) is 1. The lowest BCUT2D eigenvalue weighted by Gasteiger charge is -2.32. The zero-order chi connectivity index (χ0) is 20.1. The first kappa shape index (κ1) is 19.8. The molecular weight excluding hydrogens is 356 g/mol. The third-order valence-electron chi connectivity index (χ3n) is 4.81. The summed E-state index contributed by atoms with van der Waals surface area (Å²) < 4.78 is 0. The average Bonchev–Trinajstić information content (AvgIpc) is 2.72. The first-order valence-corrected chi connectivity index (χ1v) is 9.43. The van der Waals surface area contributed by atoms with Crippen molar-refractivity contribution in [2.75, 3.05) is 13.6 Å². The zero-order valence-electron chi connectivity index (χ0n) is 16.1. The summed E-state index contributed by atoms with van der Waals surface area (Å²) in [7, 11) is 1.68. The molecule has 6 nitrogen and oxygen atoms in total. The van der Waals surface area contributed by atoms with Crippen molar-refractivity contribution in [3.63, 3.8) is 0 Å². The molecule has 0 radical (unpaired) electrons. The smallest absolute Gasteiger partial charge is 0.285 e. The summed E-state index contributed by atoms with van der Waals surface area (Å²) in [5.41, 5.74) is 1.58. The van der Waals surface area contributed by atoms with E-state index in [0.717, 1.165) is 23.5 Å². The van der Waals surface area contributed by atoms with E-state index >= 15 is 0 Å². The monoisotopic (exact) mass is 380 g/mol. The zero-order valence-corrected chi connectivity index (χ0v) is 16.1. The summed E-state index contributed by atoms with van der Waals surface area (Å²) in [4.78, 5) is 46.0. The number of amides is 3. The molecule has 2 aromatic carbocycles. The second kappa shape index (κ2) is 8.80. The van der Waals surface area contributed by atoms with Crippen LogP contribution in [0.3, 0.4) is 0 Å². The fraction of sp³-hybridized carbons (Fsp3) is 0.318. The molecule has 1 heterocycles. The van der Waals surface area contributed by atoms with Crippen LogP contribution < -0.4 is 0 Å². The second-order valence-corrected chi connectivity index (χ2v) is 6.83. The Labute approximate surface area is 164 Å². The van der Waals surface area contributed by atoms with Crippen LogP contribution in [0.15, 0.2) is 54.6 Å². The highest BCUT2D eigenvalue weighted by Gasteiger charge is 2.44. The van der Waals surface area contributed by atoms with Crippen molar-refractivity contribution < 1.29 is 19.2 Å². The minimum absolute atomic E-state index is 0.0626. The van der Waals surface area contributed by atoms with E-state index in [-0.39, 0.29) is 12.5 Å². The number of rotatable bonds is 7. The molecular formula is C22H24N2O4. The number of unbranched alkanes of at least 4 members (excludes halogenated alkanes) is 1. The molecule has 1 atom stereocenters. The highest BCUT2D eigenvalue weighted by Crippen LogP contribution is 2.31. The minimum Gasteiger partial charge on any atom is -0.345 e. The largest absolute Gasteiger partial charge is 0.345 e. The van der Waals surface area contributed by atoms with Gasteiger partial charge in [0.25, 0.3) is 11.8 Å². The Kier molecular flexibility index (Phi) is 6.21. The van der Waals surface area contributed by atoms with Gasteiger partial charge in [-0.25, -0.2) is 0 Å². The highest BCUT2D eigenvalue weighted by molar-refractivity contribution is 6.18. The van der Waals surface area contributed by atoms with E-state index in [4.69, 9.17) is 4.84 Å². The van der Waals surface area contributed by atoms with Gasteiger partial charge in [0, 0.05) is 19.2 Å². The van der Waals surface area contributed by atoms with Crippen LogP contribution in [0.4, 0.5) is 0 Å². The molecule has 6 heteroatoms. The van der Waals surface area contributed by atoms with Crippen molar-refractivity contribution in [1.29, 1.82) is 0 Å². The molecule has 0 fully saturated rings. The quantitative estimate of drug-likeness (QED) is 0.547. The van der Waals surface area contributed by atoms with E-state index in [2.05, 4.69) is 0 Å². The van der Waals surface area contributed by atoms with Crippen molar-refractivity contribution >= 4 is 17.7 Å². The van der Waals surface area contributed by atoms with Gasteiger partial charge >= 0.3 is 0 Å². The lowest BCUT2D eigenvalue weighted by atomic mass is 9.88. The van der Waals surface area contributed by atoms with Crippen LogP contribution in [0.1, 0.15) is 47.2 Å². The Hall–Kier alpha value is -2.99. The van der Waals surface area contributed by atoms with Crippen molar-refractivity contribution in [1.82, 2.24) is 9.96 Å². The number of imide groups is 1. The molecule has 1 aliphatic rings. The van der Waals surface area contributed by atoms with E-state index in [1.807, 2.05) is 37.3 Å². The second-order valence-electron chi connectivity index (χ2n) is 6.83. The summed E-state index contributed by atoms with van der Waals surface area (Å²) in [6, 6.07) is 16.0. The maximum absolute atomic E-state index is 13.1. The summed E-state index contributed by atoms with van der Waals surface area (Å²) in [5, 5.41) is 0.742. The molecule has 146 valence electrons. The van der Waals surface area contributed by atoms with Crippen LogP contribution in [0.25, 0.3) is 0 Å². The number of hydrogen-bond donors (Lipinski definition) is 0. The van der Waals surface area contributed by atoms with Gasteiger partial charge in [0.2, 0.25) is 5.91 Å². The van der Waals surface area contributed by atoms with Crippen molar-refractivity contribution in [3.05, 3.63) is 71.3 Å². The van der Waals surface area contributed by atoms with E-state index in [1.54, 1.807) is 36.2 Å². The van der Waals surface area contributed by atoms with Crippen LogP contribution in [-0.4, -0.2) is 41.3 Å².